The van der Waals surface area contributed by atoms with Crippen LogP contribution < -0.4 is 9.47 Å². The monoisotopic (exact) mass is 572 g/mol. The number of thiophene rings is 1. The van der Waals surface area contributed by atoms with Gasteiger partial charge < -0.3 is 19.3 Å². The molecule has 0 bridgehead atoms. The normalized spacial score (nSPS) is 10.7. The lowest BCUT2D eigenvalue weighted by Gasteiger charge is -2.27. The van der Waals surface area contributed by atoms with E-state index in [0.29, 0.717) is 43.1 Å². The highest BCUT2D eigenvalue weighted by molar-refractivity contribution is 9.10. The second kappa shape index (κ2) is 13.5. The van der Waals surface area contributed by atoms with Crippen molar-refractivity contribution in [2.45, 2.75) is 33.2 Å². The molecule has 2 aromatic carbocycles. The van der Waals surface area contributed by atoms with Crippen LogP contribution >= 0.6 is 27.3 Å². The van der Waals surface area contributed by atoms with E-state index in [2.05, 4.69) is 35.0 Å². The number of methoxy groups -OCH3 is 2. The van der Waals surface area contributed by atoms with Gasteiger partial charge in [0.25, 0.3) is 5.91 Å². The maximum Gasteiger partial charge on any atom is 0.254 e. The highest BCUT2D eigenvalue weighted by Crippen LogP contribution is 2.28. The molecule has 3 rings (SSSR count). The largest absolute Gasteiger partial charge is 0.493 e. The van der Waals surface area contributed by atoms with Gasteiger partial charge >= 0.3 is 0 Å². The lowest BCUT2D eigenvalue weighted by molar-refractivity contribution is -0.132. The Balaban J connectivity index is 1.77. The first-order valence-electron chi connectivity index (χ1n) is 11.9. The van der Waals surface area contributed by atoms with Crippen LogP contribution in [0, 0.1) is 6.92 Å². The van der Waals surface area contributed by atoms with Crippen LogP contribution in [-0.4, -0.2) is 55.5 Å². The molecule has 0 aliphatic heterocycles. The average molecular weight is 574 g/mol. The molecule has 0 saturated heterocycles. The molecule has 0 spiro atoms. The van der Waals surface area contributed by atoms with Crippen LogP contribution in [0.4, 0.5) is 0 Å². The molecule has 1 aromatic heterocycles. The zero-order valence-corrected chi connectivity index (χ0v) is 23.7. The first-order valence-corrected chi connectivity index (χ1v) is 13.5. The number of benzene rings is 2. The molecular weight excluding hydrogens is 540 g/mol. The molecule has 36 heavy (non-hydrogen) atoms. The number of hydrogen-bond donors (Lipinski definition) is 0. The van der Waals surface area contributed by atoms with Crippen molar-refractivity contribution in [2.24, 2.45) is 0 Å². The van der Waals surface area contributed by atoms with Crippen LogP contribution in [0.2, 0.25) is 0 Å². The van der Waals surface area contributed by atoms with E-state index in [1.54, 1.807) is 42.6 Å². The molecule has 0 N–H and O–H groups in total. The Bertz CT molecular complexity index is 1160. The van der Waals surface area contributed by atoms with Crippen LogP contribution in [0.1, 0.15) is 39.0 Å². The van der Waals surface area contributed by atoms with Crippen molar-refractivity contribution in [1.29, 1.82) is 0 Å². The van der Waals surface area contributed by atoms with E-state index in [1.807, 2.05) is 42.2 Å². The maximum absolute atomic E-state index is 13.6. The quantitative estimate of drug-likeness (QED) is 0.268. The Labute approximate surface area is 226 Å². The zero-order valence-electron chi connectivity index (χ0n) is 21.3. The fourth-order valence-corrected chi connectivity index (χ4v) is 5.08. The number of halogens is 1. The van der Waals surface area contributed by atoms with Crippen molar-refractivity contribution in [2.75, 3.05) is 33.9 Å². The van der Waals surface area contributed by atoms with Gasteiger partial charge in [-0.15, -0.1) is 11.3 Å². The second-order valence-electron chi connectivity index (χ2n) is 8.50. The van der Waals surface area contributed by atoms with Crippen molar-refractivity contribution >= 4 is 39.1 Å². The van der Waals surface area contributed by atoms with Crippen LogP contribution in [0.25, 0.3) is 0 Å². The van der Waals surface area contributed by atoms with E-state index in [0.717, 1.165) is 21.3 Å². The Kier molecular flexibility index (Phi) is 10.4. The van der Waals surface area contributed by atoms with E-state index in [4.69, 9.17) is 9.47 Å². The van der Waals surface area contributed by atoms with E-state index in [1.165, 1.54) is 4.88 Å². The molecule has 8 heteroatoms. The van der Waals surface area contributed by atoms with Crippen LogP contribution in [0.5, 0.6) is 11.5 Å². The summed E-state index contributed by atoms with van der Waals surface area (Å²) < 4.78 is 11.7. The summed E-state index contributed by atoms with van der Waals surface area (Å²) in [4.78, 5) is 32.6. The van der Waals surface area contributed by atoms with Gasteiger partial charge in [0.15, 0.2) is 11.5 Å². The third kappa shape index (κ3) is 7.58. The van der Waals surface area contributed by atoms with Crippen molar-refractivity contribution < 1.29 is 19.1 Å². The number of rotatable bonds is 12. The summed E-state index contributed by atoms with van der Waals surface area (Å²) >= 11 is 5.09. The highest BCUT2D eigenvalue weighted by Gasteiger charge is 2.22. The lowest BCUT2D eigenvalue weighted by atomic mass is 10.1. The predicted octanol–water partition coefficient (Wildman–Crippen LogP) is 5.96. The number of carbonyl (C=O) groups excluding carboxylic acids is 2. The minimum absolute atomic E-state index is 0.0407. The third-order valence-corrected chi connectivity index (χ3v) is 7.33. The van der Waals surface area contributed by atoms with Crippen molar-refractivity contribution in [1.82, 2.24) is 9.80 Å². The van der Waals surface area contributed by atoms with Gasteiger partial charge in [-0.05, 0) is 73.9 Å². The van der Waals surface area contributed by atoms with Gasteiger partial charge in [-0.3, -0.25) is 9.59 Å². The Morgan fingerprint density at radius 1 is 0.917 bits per heavy atom. The first-order chi connectivity index (χ1) is 17.3. The maximum atomic E-state index is 13.6. The molecule has 0 fully saturated rings. The molecule has 2 amide bonds. The number of carbonyl (C=O) groups is 2. The van der Waals surface area contributed by atoms with Crippen LogP contribution in [0.3, 0.4) is 0 Å². The van der Waals surface area contributed by atoms with E-state index >= 15 is 0 Å². The van der Waals surface area contributed by atoms with Crippen molar-refractivity contribution in [3.8, 4) is 11.5 Å². The SMILES string of the molecule is CCCN(CC(=O)N(CCc1ccc(OC)c(OC)c1)Cc1ccc(C)s1)C(=O)c1ccc(Br)cc1. The summed E-state index contributed by atoms with van der Waals surface area (Å²) in [6.07, 6.45) is 1.43. The molecule has 1 heterocycles. The minimum atomic E-state index is -0.135. The highest BCUT2D eigenvalue weighted by atomic mass is 79.9. The van der Waals surface area contributed by atoms with E-state index in [-0.39, 0.29) is 18.4 Å². The number of amides is 2. The molecule has 0 aliphatic rings. The van der Waals surface area contributed by atoms with Gasteiger partial charge in [0.1, 0.15) is 6.54 Å². The van der Waals surface area contributed by atoms with Crippen LogP contribution in [-0.2, 0) is 17.8 Å². The summed E-state index contributed by atoms with van der Waals surface area (Å²) in [5, 5.41) is 0. The van der Waals surface area contributed by atoms with Crippen molar-refractivity contribution in [3.05, 3.63) is 80.0 Å². The smallest absolute Gasteiger partial charge is 0.254 e. The van der Waals surface area contributed by atoms with Gasteiger partial charge in [0.2, 0.25) is 5.91 Å². The van der Waals surface area contributed by atoms with Crippen LogP contribution in [0.15, 0.2) is 59.1 Å². The molecule has 192 valence electrons. The molecule has 0 radical (unpaired) electrons. The van der Waals surface area contributed by atoms with Crippen molar-refractivity contribution in [3.63, 3.8) is 0 Å². The Morgan fingerprint density at radius 2 is 1.64 bits per heavy atom. The lowest BCUT2D eigenvalue weighted by Crippen LogP contribution is -2.43. The molecule has 0 saturated carbocycles. The number of hydrogen-bond acceptors (Lipinski definition) is 5. The molecule has 0 atom stereocenters. The Morgan fingerprint density at radius 3 is 2.25 bits per heavy atom. The summed E-state index contributed by atoms with van der Waals surface area (Å²) in [6.45, 7) is 5.66. The molecule has 0 aliphatic carbocycles. The van der Waals surface area contributed by atoms with E-state index in [9.17, 15) is 9.59 Å². The molecule has 3 aromatic rings. The average Bonchev–Trinajstić information content (AvgIpc) is 3.30. The summed E-state index contributed by atoms with van der Waals surface area (Å²) in [5.41, 5.74) is 1.62. The van der Waals surface area contributed by atoms with Gasteiger partial charge in [-0.2, -0.15) is 0 Å². The number of ether oxygens (including phenoxy) is 2. The van der Waals surface area contributed by atoms with Gasteiger partial charge in [-0.1, -0.05) is 28.9 Å². The molecule has 0 unspecified atom stereocenters. The summed E-state index contributed by atoms with van der Waals surface area (Å²) in [5.74, 6) is 1.13. The second-order valence-corrected chi connectivity index (χ2v) is 10.8. The summed E-state index contributed by atoms with van der Waals surface area (Å²) in [7, 11) is 3.22. The van der Waals surface area contributed by atoms with Gasteiger partial charge in [-0.25, -0.2) is 0 Å². The number of nitrogens with zero attached hydrogens (tertiary/aromatic N) is 2. The fourth-order valence-electron chi connectivity index (χ4n) is 3.91. The minimum Gasteiger partial charge on any atom is -0.493 e. The number of aryl methyl sites for hydroxylation is 1. The standard InChI is InChI=1S/C28H33BrN2O4S/c1-5-15-31(28(33)22-8-10-23(29)11-9-22)19-27(32)30(18-24-12-6-20(2)36-24)16-14-21-7-13-25(34-3)26(17-21)35-4/h6-13,17H,5,14-16,18-19H2,1-4H3. The molecular formula is C28H33BrN2O4S. The zero-order chi connectivity index (χ0) is 26.1. The molecule has 6 nitrogen and oxygen atoms in total. The third-order valence-electron chi connectivity index (χ3n) is 5.81. The van der Waals surface area contributed by atoms with Gasteiger partial charge in [0, 0.05) is 32.9 Å². The van der Waals surface area contributed by atoms with E-state index < -0.39 is 0 Å². The first kappa shape index (κ1) is 27.7. The summed E-state index contributed by atoms with van der Waals surface area (Å²) in [6, 6.07) is 17.2. The van der Waals surface area contributed by atoms with Gasteiger partial charge in [0.05, 0.1) is 20.8 Å². The Hall–Kier alpha value is -2.84. The fraction of sp³-hybridized carbons (Fsp3) is 0.357. The topological polar surface area (TPSA) is 59.1 Å². The predicted molar refractivity (Wildman–Crippen MR) is 148 cm³/mol.